The van der Waals surface area contributed by atoms with E-state index in [1.807, 2.05) is 0 Å². The summed E-state index contributed by atoms with van der Waals surface area (Å²) in [5.41, 5.74) is 0.569. The molecule has 19 heteroatoms. The first-order chi connectivity index (χ1) is 24.3. The van der Waals surface area contributed by atoms with Crippen LogP contribution in [0.5, 0.6) is 5.75 Å². The van der Waals surface area contributed by atoms with Crippen molar-refractivity contribution in [1.82, 2.24) is 19.6 Å². The second-order valence-corrected chi connectivity index (χ2v) is 13.6. The van der Waals surface area contributed by atoms with E-state index in [1.54, 1.807) is 43.6 Å². The Morgan fingerprint density at radius 1 is 0.885 bits per heavy atom. The Morgan fingerprint density at radius 2 is 1.46 bits per heavy atom. The Bertz CT molecular complexity index is 1920. The van der Waals surface area contributed by atoms with Gasteiger partial charge in [-0.25, -0.2) is 22.6 Å². The number of phenols is 1. The summed E-state index contributed by atoms with van der Waals surface area (Å²) in [6, 6.07) is 17.0. The van der Waals surface area contributed by atoms with Crippen LogP contribution in [0.1, 0.15) is 36.8 Å². The van der Waals surface area contributed by atoms with Crippen LogP contribution in [0.25, 0.3) is 0 Å². The molecule has 1 aromatic heterocycles. The predicted octanol–water partition coefficient (Wildman–Crippen LogP) is 7.18. The molecule has 1 heterocycles. The smallest absolute Gasteiger partial charge is 0.490 e. The number of carboxylic acids is 1. The van der Waals surface area contributed by atoms with E-state index in [1.165, 1.54) is 34.6 Å². The molecule has 5 N–H and O–H groups in total. The summed E-state index contributed by atoms with van der Waals surface area (Å²) in [5.74, 6) is -3.14. The van der Waals surface area contributed by atoms with Crippen molar-refractivity contribution in [2.45, 2.75) is 61.6 Å². The van der Waals surface area contributed by atoms with Gasteiger partial charge in [-0.3, -0.25) is 0 Å². The summed E-state index contributed by atoms with van der Waals surface area (Å²) < 4.78 is 112. The monoisotopic (exact) mass is 758 g/mol. The van der Waals surface area contributed by atoms with E-state index >= 15 is 0 Å². The number of hydrogen-bond donors (Lipinski definition) is 5. The molecular formula is C33H33F7N6O5S. The number of aromatic nitrogens is 2. The molecule has 0 spiro atoms. The number of aliphatic carboxylic acids is 1. The first kappa shape index (κ1) is 39.8. The van der Waals surface area contributed by atoms with Gasteiger partial charge in [-0.05, 0) is 98.0 Å². The van der Waals surface area contributed by atoms with Crippen LogP contribution in [0.2, 0.25) is 0 Å². The van der Waals surface area contributed by atoms with Crippen molar-refractivity contribution in [1.29, 1.82) is 0 Å². The fraction of sp³-hybridized carbons (Fsp3) is 0.303. The maximum atomic E-state index is 13.4. The molecule has 1 fully saturated rings. The maximum absolute atomic E-state index is 13.4. The molecule has 1 saturated carbocycles. The molecule has 1 aliphatic carbocycles. The maximum Gasteiger partial charge on any atom is 0.490 e. The van der Waals surface area contributed by atoms with Crippen LogP contribution in [0.3, 0.4) is 0 Å². The Labute approximate surface area is 293 Å². The van der Waals surface area contributed by atoms with Gasteiger partial charge in [-0.1, -0.05) is 6.07 Å². The highest BCUT2D eigenvalue weighted by molar-refractivity contribution is 7.89. The van der Waals surface area contributed by atoms with Gasteiger partial charge < -0.3 is 26.2 Å². The molecule has 1 aliphatic rings. The molecular weight excluding hydrogens is 725 g/mol. The van der Waals surface area contributed by atoms with Gasteiger partial charge in [0.2, 0.25) is 16.0 Å². The number of nitrogens with zero attached hydrogens (tertiary/aromatic N) is 3. The van der Waals surface area contributed by atoms with E-state index in [2.05, 4.69) is 25.9 Å². The highest BCUT2D eigenvalue weighted by atomic mass is 32.2. The highest BCUT2D eigenvalue weighted by Crippen LogP contribution is 2.36. The molecule has 0 amide bonds. The van der Waals surface area contributed by atoms with Crippen LogP contribution in [0.15, 0.2) is 83.9 Å². The van der Waals surface area contributed by atoms with Crippen LogP contribution >= 0.6 is 0 Å². The van der Waals surface area contributed by atoms with Crippen molar-refractivity contribution in [3.8, 4) is 5.75 Å². The van der Waals surface area contributed by atoms with Gasteiger partial charge in [0.1, 0.15) is 17.4 Å². The summed E-state index contributed by atoms with van der Waals surface area (Å²) in [6.07, 6.45) is -5.67. The molecule has 4 aromatic rings. The van der Waals surface area contributed by atoms with E-state index in [0.717, 1.165) is 12.1 Å². The number of alkyl halides is 6. The molecule has 11 nitrogen and oxygen atoms in total. The Morgan fingerprint density at radius 3 is 2.04 bits per heavy atom. The summed E-state index contributed by atoms with van der Waals surface area (Å²) in [7, 11) is -2.22. The summed E-state index contributed by atoms with van der Waals surface area (Å²) in [5, 5.41) is 26.0. The predicted molar refractivity (Wildman–Crippen MR) is 176 cm³/mol. The number of benzene rings is 3. The van der Waals surface area contributed by atoms with Crippen molar-refractivity contribution in [2.75, 3.05) is 17.7 Å². The number of nitrogens with one attached hydrogen (secondary N) is 3. The molecule has 0 aliphatic heterocycles. The first-order valence-electron chi connectivity index (χ1n) is 15.5. The van der Waals surface area contributed by atoms with Crippen LogP contribution in [0, 0.1) is 5.82 Å². The van der Waals surface area contributed by atoms with Crippen molar-refractivity contribution in [3.05, 3.63) is 95.9 Å². The van der Waals surface area contributed by atoms with E-state index in [9.17, 15) is 44.3 Å². The summed E-state index contributed by atoms with van der Waals surface area (Å²) in [4.78, 5) is 17.6. The van der Waals surface area contributed by atoms with Gasteiger partial charge in [0, 0.05) is 43.2 Å². The van der Waals surface area contributed by atoms with Crippen molar-refractivity contribution in [2.24, 2.45) is 0 Å². The number of carbonyl (C=O) groups is 1. The third kappa shape index (κ3) is 11.0. The standard InChI is InChI=1S/C31H32F4N6O3S.C2HF3O2/c1-41(25-11-7-22(8-12-25)37-19-20-2-15-28(42)27(18-20)31(33,34)35)45(43,44)26-13-9-24(10-14-26)39-30-36-17-16-29(40-30)38-23-5-3-21(32)4-6-23;3-2(4,5)1(6)7/h2-6,9-10,13-18,22,25,37,42H,7-8,11-12,19H2,1H3,(H2,36,38,39,40);(H,6,7). The lowest BCUT2D eigenvalue weighted by molar-refractivity contribution is -0.192. The number of rotatable bonds is 10. The average molecular weight is 759 g/mol. The van der Waals surface area contributed by atoms with Crippen LogP contribution in [-0.4, -0.2) is 64.2 Å². The van der Waals surface area contributed by atoms with Crippen molar-refractivity contribution >= 4 is 39.1 Å². The SMILES string of the molecule is CN(C1CCC(NCc2ccc(O)c(C(F)(F)F)c2)CC1)S(=O)(=O)c1ccc(Nc2nccc(Nc3ccc(F)cc3)n2)cc1.O=C(O)C(F)(F)F. The van der Waals surface area contributed by atoms with E-state index < -0.39 is 39.7 Å². The lowest BCUT2D eigenvalue weighted by atomic mass is 9.91. The molecule has 3 aromatic carbocycles. The first-order valence-corrected chi connectivity index (χ1v) is 16.9. The van der Waals surface area contributed by atoms with Gasteiger partial charge in [0.15, 0.2) is 0 Å². The quantitative estimate of drug-likeness (QED) is 0.105. The number of sulfonamides is 1. The third-order valence-corrected chi connectivity index (χ3v) is 9.90. The number of hydrogen-bond acceptors (Lipinski definition) is 9. The lowest BCUT2D eigenvalue weighted by Crippen LogP contribution is -2.43. The van der Waals surface area contributed by atoms with Crippen molar-refractivity contribution in [3.63, 3.8) is 0 Å². The summed E-state index contributed by atoms with van der Waals surface area (Å²) >= 11 is 0. The van der Waals surface area contributed by atoms with E-state index in [0.29, 0.717) is 48.4 Å². The number of anilines is 4. The van der Waals surface area contributed by atoms with Gasteiger partial charge in [-0.15, -0.1) is 0 Å². The topological polar surface area (TPSA) is 157 Å². The van der Waals surface area contributed by atoms with Gasteiger partial charge in [0.25, 0.3) is 0 Å². The minimum atomic E-state index is -5.08. The molecule has 52 heavy (non-hydrogen) atoms. The summed E-state index contributed by atoms with van der Waals surface area (Å²) in [6.45, 7) is 0.202. The molecule has 0 bridgehead atoms. The van der Waals surface area contributed by atoms with Gasteiger partial charge in [0.05, 0.1) is 10.5 Å². The zero-order valence-electron chi connectivity index (χ0n) is 27.2. The minimum Gasteiger partial charge on any atom is -0.507 e. The minimum absolute atomic E-state index is 0.0254. The molecule has 0 unspecified atom stereocenters. The number of halogens is 7. The molecule has 280 valence electrons. The van der Waals surface area contributed by atoms with Crippen LogP contribution in [0.4, 0.5) is 53.9 Å². The van der Waals surface area contributed by atoms with Gasteiger partial charge >= 0.3 is 18.3 Å². The Kier molecular flexibility index (Phi) is 12.7. The molecule has 0 atom stereocenters. The van der Waals surface area contributed by atoms with Crippen molar-refractivity contribution < 1.29 is 54.2 Å². The Balaban J connectivity index is 0.000000785. The molecule has 0 radical (unpaired) electrons. The number of carboxylic acid groups (broad SMARTS) is 1. The van der Waals surface area contributed by atoms with E-state index in [-0.39, 0.29) is 35.3 Å². The average Bonchev–Trinajstić information content (AvgIpc) is 3.08. The molecule has 5 rings (SSSR count). The van der Waals surface area contributed by atoms with Crippen LogP contribution in [-0.2, 0) is 27.5 Å². The zero-order chi connectivity index (χ0) is 38.3. The zero-order valence-corrected chi connectivity index (χ0v) is 28.0. The second kappa shape index (κ2) is 16.6. The Hall–Kier alpha value is -5.01. The van der Waals surface area contributed by atoms with E-state index in [4.69, 9.17) is 9.90 Å². The number of phenolic OH excluding ortho intramolecular Hbond substituents is 1. The van der Waals surface area contributed by atoms with Crippen LogP contribution < -0.4 is 16.0 Å². The second-order valence-electron chi connectivity index (χ2n) is 11.6. The fourth-order valence-corrected chi connectivity index (χ4v) is 6.61. The number of aromatic hydroxyl groups is 1. The van der Waals surface area contributed by atoms with Gasteiger partial charge in [-0.2, -0.15) is 35.6 Å². The lowest BCUT2D eigenvalue weighted by Gasteiger charge is -2.34. The highest BCUT2D eigenvalue weighted by Gasteiger charge is 2.38. The molecule has 0 saturated heterocycles. The fourth-order valence-electron chi connectivity index (χ4n) is 5.20. The normalized spacial score (nSPS) is 16.5. The third-order valence-electron chi connectivity index (χ3n) is 7.97. The largest absolute Gasteiger partial charge is 0.507 e.